The highest BCUT2D eigenvalue weighted by molar-refractivity contribution is 7.93. The number of carbonyl (C=O) groups is 2. The van der Waals surface area contributed by atoms with Gasteiger partial charge in [-0.2, -0.15) is 13.2 Å². The Morgan fingerprint density at radius 1 is 1.03 bits per heavy atom. The molecule has 3 rings (SSSR count). The van der Waals surface area contributed by atoms with Gasteiger partial charge in [0, 0.05) is 16.0 Å². The summed E-state index contributed by atoms with van der Waals surface area (Å²) in [6, 6.07) is 11.7. The van der Waals surface area contributed by atoms with Crippen molar-refractivity contribution < 1.29 is 40.9 Å². The number of hydrogen-bond donors (Lipinski definition) is 0. The summed E-state index contributed by atoms with van der Waals surface area (Å²) in [6.07, 6.45) is -2.49. The third kappa shape index (κ3) is 6.14. The molecule has 7 nitrogen and oxygen atoms in total. The van der Waals surface area contributed by atoms with Crippen LogP contribution in [0.3, 0.4) is 0 Å². The summed E-state index contributed by atoms with van der Waals surface area (Å²) in [4.78, 5) is 25.0. The summed E-state index contributed by atoms with van der Waals surface area (Å²) in [5.74, 6) is -3.98. The second-order valence-electron chi connectivity index (χ2n) is 8.69. The second kappa shape index (κ2) is 10.2. The van der Waals surface area contributed by atoms with Gasteiger partial charge in [-0.3, -0.25) is 4.79 Å². The van der Waals surface area contributed by atoms with E-state index in [4.69, 9.17) is 13.9 Å². The van der Waals surface area contributed by atoms with Crippen LogP contribution in [0.4, 0.5) is 13.2 Å². The number of halogens is 3. The Morgan fingerprint density at radius 3 is 2.22 bits per heavy atom. The van der Waals surface area contributed by atoms with Crippen LogP contribution < -0.4 is 4.74 Å². The maximum Gasteiger partial charge on any atom is 0.474 e. The van der Waals surface area contributed by atoms with E-state index < -0.39 is 39.1 Å². The van der Waals surface area contributed by atoms with Gasteiger partial charge in [-0.25, -0.2) is 9.00 Å². The van der Waals surface area contributed by atoms with Crippen LogP contribution in [-0.2, 0) is 25.0 Å². The van der Waals surface area contributed by atoms with E-state index in [-0.39, 0.29) is 21.8 Å². The molecule has 1 amide bonds. The number of hydrogen-bond acceptors (Lipinski definition) is 6. The first-order valence-electron chi connectivity index (χ1n) is 10.6. The molecule has 0 aliphatic heterocycles. The van der Waals surface area contributed by atoms with Crippen molar-refractivity contribution in [2.45, 2.75) is 43.2 Å². The average molecular weight is 524 g/mol. The molecule has 0 bridgehead atoms. The molecule has 3 aromatic rings. The van der Waals surface area contributed by atoms with Gasteiger partial charge in [-0.15, -0.1) is 4.36 Å². The van der Waals surface area contributed by atoms with Crippen molar-refractivity contribution in [1.29, 1.82) is 0 Å². The van der Waals surface area contributed by atoms with Crippen LogP contribution in [-0.4, -0.2) is 35.0 Å². The van der Waals surface area contributed by atoms with Gasteiger partial charge in [0.05, 0.1) is 35.1 Å². The Kier molecular flexibility index (Phi) is 7.63. The van der Waals surface area contributed by atoms with Crippen molar-refractivity contribution in [3.63, 3.8) is 0 Å². The summed E-state index contributed by atoms with van der Waals surface area (Å²) in [5.41, 5.74) is -0.0534. The minimum absolute atomic E-state index is 0.0286. The molecule has 0 saturated carbocycles. The number of alkyl halides is 3. The maximum atomic E-state index is 13.9. The number of amides is 1. The van der Waals surface area contributed by atoms with Crippen molar-refractivity contribution in [3.05, 3.63) is 72.2 Å². The fourth-order valence-corrected chi connectivity index (χ4v) is 5.30. The van der Waals surface area contributed by atoms with E-state index in [2.05, 4.69) is 4.36 Å². The molecule has 1 heterocycles. The number of rotatable bonds is 6. The molecule has 0 spiro atoms. The van der Waals surface area contributed by atoms with Crippen LogP contribution >= 0.6 is 0 Å². The molecule has 36 heavy (non-hydrogen) atoms. The Bertz CT molecular complexity index is 1370. The highest BCUT2D eigenvalue weighted by atomic mass is 32.2. The molecule has 0 radical (unpaired) electrons. The Morgan fingerprint density at radius 2 is 1.69 bits per heavy atom. The van der Waals surface area contributed by atoms with Crippen LogP contribution in [0.2, 0.25) is 0 Å². The fraction of sp³-hybridized carbons (Fsp3) is 0.280. The summed E-state index contributed by atoms with van der Waals surface area (Å²) >= 11 is 0. The second-order valence-corrected chi connectivity index (χ2v) is 10.9. The van der Waals surface area contributed by atoms with E-state index >= 15 is 0 Å². The molecule has 1 unspecified atom stereocenters. The first-order valence-corrected chi connectivity index (χ1v) is 12.3. The SMILES string of the molecule is COc1c(-c2ccoc2)ccc(CS(=O)(=NC(=O)C(F)(F)F)c2ccccc2)c1C(=O)OC(C)(C)C. The predicted octanol–water partition coefficient (Wildman–Crippen LogP) is 6.03. The molecule has 1 atom stereocenters. The van der Waals surface area contributed by atoms with Crippen LogP contribution in [0.5, 0.6) is 5.75 Å². The van der Waals surface area contributed by atoms with Crippen LogP contribution in [0.1, 0.15) is 36.7 Å². The van der Waals surface area contributed by atoms with Crippen LogP contribution in [0, 0.1) is 0 Å². The molecule has 192 valence electrons. The lowest BCUT2D eigenvalue weighted by Gasteiger charge is -2.23. The zero-order chi connectivity index (χ0) is 26.7. The molecule has 0 aliphatic rings. The van der Waals surface area contributed by atoms with Gasteiger partial charge in [-0.05, 0) is 44.5 Å². The van der Waals surface area contributed by atoms with Gasteiger partial charge in [0.15, 0.2) is 0 Å². The van der Waals surface area contributed by atoms with Gasteiger partial charge in [0.2, 0.25) is 0 Å². The van der Waals surface area contributed by atoms with Crippen LogP contribution in [0.25, 0.3) is 11.1 Å². The van der Waals surface area contributed by atoms with Gasteiger partial charge >= 0.3 is 18.1 Å². The van der Waals surface area contributed by atoms with E-state index in [1.54, 1.807) is 39.0 Å². The third-order valence-corrected chi connectivity index (χ3v) is 6.99. The Labute approximate surface area is 206 Å². The lowest BCUT2D eigenvalue weighted by Crippen LogP contribution is -2.26. The smallest absolute Gasteiger partial charge is 0.474 e. The quantitative estimate of drug-likeness (QED) is 0.367. The molecule has 0 fully saturated rings. The largest absolute Gasteiger partial charge is 0.495 e. The van der Waals surface area contributed by atoms with Gasteiger partial charge in [0.1, 0.15) is 16.9 Å². The summed E-state index contributed by atoms with van der Waals surface area (Å²) in [7, 11) is -2.71. The molecule has 2 aromatic carbocycles. The number of benzene rings is 2. The zero-order valence-electron chi connectivity index (χ0n) is 19.9. The minimum atomic E-state index is -5.33. The molecular formula is C25H24F3NO6S. The normalized spacial score (nSPS) is 13.5. The fourth-order valence-electron chi connectivity index (χ4n) is 3.35. The first-order chi connectivity index (χ1) is 16.7. The third-order valence-electron chi connectivity index (χ3n) is 4.82. The lowest BCUT2D eigenvalue weighted by molar-refractivity contribution is -0.169. The number of furan rings is 1. The van der Waals surface area contributed by atoms with E-state index in [0.717, 1.165) is 0 Å². The summed E-state index contributed by atoms with van der Waals surface area (Å²) < 4.78 is 72.4. The number of carbonyl (C=O) groups excluding carboxylic acids is 2. The van der Waals surface area contributed by atoms with Crippen molar-refractivity contribution in [1.82, 2.24) is 0 Å². The van der Waals surface area contributed by atoms with E-state index in [1.807, 2.05) is 0 Å². The molecular weight excluding hydrogens is 499 g/mol. The maximum absolute atomic E-state index is 13.9. The Hall–Kier alpha value is -3.60. The summed E-state index contributed by atoms with van der Waals surface area (Å²) in [6.45, 7) is 4.92. The Balaban J connectivity index is 2.28. The molecule has 0 N–H and O–H groups in total. The summed E-state index contributed by atoms with van der Waals surface area (Å²) in [5, 5.41) is 0. The van der Waals surface area contributed by atoms with E-state index in [0.29, 0.717) is 11.1 Å². The van der Waals surface area contributed by atoms with E-state index in [1.165, 1.54) is 50.0 Å². The number of nitrogens with zero attached hydrogens (tertiary/aromatic N) is 1. The van der Waals surface area contributed by atoms with Gasteiger partial charge < -0.3 is 13.9 Å². The topological polar surface area (TPSA) is 95.2 Å². The van der Waals surface area contributed by atoms with Gasteiger partial charge in [-0.1, -0.05) is 30.3 Å². The molecule has 1 aromatic heterocycles. The molecule has 0 saturated heterocycles. The molecule has 0 aliphatic carbocycles. The predicted molar refractivity (Wildman–Crippen MR) is 126 cm³/mol. The number of esters is 1. The lowest BCUT2D eigenvalue weighted by atomic mass is 9.99. The van der Waals surface area contributed by atoms with Crippen molar-refractivity contribution in [2.24, 2.45) is 4.36 Å². The first kappa shape index (κ1) is 27.0. The van der Waals surface area contributed by atoms with Crippen LogP contribution in [0.15, 0.2) is 74.7 Å². The number of ether oxygens (including phenoxy) is 2. The minimum Gasteiger partial charge on any atom is -0.495 e. The van der Waals surface area contributed by atoms with Gasteiger partial charge in [0.25, 0.3) is 0 Å². The van der Waals surface area contributed by atoms with E-state index in [9.17, 15) is 27.0 Å². The monoisotopic (exact) mass is 523 g/mol. The molecule has 11 heteroatoms. The standard InChI is InChI=1S/C25H24F3NO6S/c1-24(2,3)35-22(30)20-17(10-11-19(21(20)33-4)16-12-13-34-14-16)15-36(32,18-8-6-5-7-9-18)29-23(31)25(26,27)28/h5-14H,15H2,1-4H3. The zero-order valence-corrected chi connectivity index (χ0v) is 20.7. The number of methoxy groups -OCH3 is 1. The van der Waals surface area contributed by atoms with Crippen molar-refractivity contribution >= 4 is 21.6 Å². The van der Waals surface area contributed by atoms with Crippen molar-refractivity contribution in [2.75, 3.05) is 7.11 Å². The highest BCUT2D eigenvalue weighted by Gasteiger charge is 2.40. The van der Waals surface area contributed by atoms with Crippen molar-refractivity contribution in [3.8, 4) is 16.9 Å². The average Bonchev–Trinajstić information content (AvgIpc) is 3.32. The highest BCUT2D eigenvalue weighted by Crippen LogP contribution is 2.38.